The quantitative estimate of drug-likeness (QED) is 0.496. The van der Waals surface area contributed by atoms with Gasteiger partial charge >= 0.3 is 5.69 Å². The van der Waals surface area contributed by atoms with Crippen LogP contribution in [-0.4, -0.2) is 40.2 Å². The van der Waals surface area contributed by atoms with Crippen molar-refractivity contribution in [3.63, 3.8) is 0 Å². The summed E-state index contributed by atoms with van der Waals surface area (Å²) < 4.78 is 0. The Kier molecular flexibility index (Phi) is 5.83. The van der Waals surface area contributed by atoms with Gasteiger partial charge in [0.15, 0.2) is 0 Å². The molecule has 0 unspecified atom stereocenters. The molecule has 0 saturated carbocycles. The van der Waals surface area contributed by atoms with Crippen LogP contribution in [0.5, 0.6) is 0 Å². The van der Waals surface area contributed by atoms with Crippen LogP contribution in [0, 0.1) is 22.5 Å². The van der Waals surface area contributed by atoms with Gasteiger partial charge in [0, 0.05) is 20.2 Å². The highest BCUT2D eigenvalue weighted by atomic mass is 16.6. The number of anilines is 2. The molecule has 0 saturated heterocycles. The van der Waals surface area contributed by atoms with Crippen LogP contribution < -0.4 is 10.6 Å². The van der Waals surface area contributed by atoms with Crippen LogP contribution in [0.3, 0.4) is 0 Å². The van der Waals surface area contributed by atoms with Gasteiger partial charge in [-0.05, 0) is 25.2 Å². The van der Waals surface area contributed by atoms with Crippen LogP contribution in [0.25, 0.3) is 0 Å². The molecule has 0 fully saturated rings. The van der Waals surface area contributed by atoms with Crippen LogP contribution in [0.1, 0.15) is 32.4 Å². The molecule has 1 rings (SSSR count). The van der Waals surface area contributed by atoms with E-state index in [0.29, 0.717) is 24.6 Å². The second-order valence-electron chi connectivity index (χ2n) is 5.68. The molecule has 3 N–H and O–H groups in total. The van der Waals surface area contributed by atoms with E-state index < -0.39 is 4.92 Å². The van der Waals surface area contributed by atoms with Crippen LogP contribution in [-0.2, 0) is 0 Å². The minimum atomic E-state index is -0.474. The minimum absolute atomic E-state index is 0.102. The summed E-state index contributed by atoms with van der Waals surface area (Å²) in [5.74, 6) is 0.558. The van der Waals surface area contributed by atoms with Gasteiger partial charge in [-0.25, -0.2) is 4.98 Å². The van der Waals surface area contributed by atoms with E-state index in [9.17, 15) is 10.1 Å². The minimum Gasteiger partial charge on any atom is -0.396 e. The van der Waals surface area contributed by atoms with E-state index in [0.717, 1.165) is 6.42 Å². The molecular formula is C13H23N5O3. The number of hydrogen-bond donors (Lipinski definition) is 3. The Morgan fingerprint density at radius 2 is 2.05 bits per heavy atom. The van der Waals surface area contributed by atoms with Crippen molar-refractivity contribution in [2.45, 2.75) is 33.6 Å². The number of nitrogens with one attached hydrogen (secondary N) is 2. The van der Waals surface area contributed by atoms with Crippen molar-refractivity contribution < 1.29 is 10.0 Å². The van der Waals surface area contributed by atoms with Crippen LogP contribution in [0.4, 0.5) is 17.5 Å². The summed E-state index contributed by atoms with van der Waals surface area (Å²) in [7, 11) is 1.66. The lowest BCUT2D eigenvalue weighted by Gasteiger charge is -2.25. The first kappa shape index (κ1) is 17.1. The average molecular weight is 297 g/mol. The summed E-state index contributed by atoms with van der Waals surface area (Å²) in [4.78, 5) is 18.9. The second-order valence-corrected chi connectivity index (χ2v) is 5.68. The molecular weight excluding hydrogens is 274 g/mol. The summed E-state index contributed by atoms with van der Waals surface area (Å²) in [5.41, 5.74) is 0.108. The molecule has 0 amide bonds. The first-order valence-corrected chi connectivity index (χ1v) is 6.86. The number of nitrogens with zero attached hydrogens (tertiary/aromatic N) is 3. The highest BCUT2D eigenvalue weighted by molar-refractivity contribution is 5.60. The van der Waals surface area contributed by atoms with Gasteiger partial charge in [0.2, 0.25) is 11.8 Å². The molecule has 0 radical (unpaired) electrons. The van der Waals surface area contributed by atoms with Crippen molar-refractivity contribution in [3.8, 4) is 0 Å². The SMILES string of the molecule is CNc1nc(C)c([N+](=O)[O-])c(NCC(C)(C)CCCO)n1. The molecule has 0 aliphatic carbocycles. The highest BCUT2D eigenvalue weighted by Crippen LogP contribution is 2.29. The predicted molar refractivity (Wildman–Crippen MR) is 81.6 cm³/mol. The third kappa shape index (κ3) is 4.82. The lowest BCUT2D eigenvalue weighted by molar-refractivity contribution is -0.385. The molecule has 0 atom stereocenters. The number of aryl methyl sites for hydroxylation is 1. The molecule has 118 valence electrons. The Morgan fingerprint density at radius 3 is 2.57 bits per heavy atom. The first-order valence-electron chi connectivity index (χ1n) is 6.86. The van der Waals surface area contributed by atoms with Crippen molar-refractivity contribution in [1.82, 2.24) is 9.97 Å². The first-order chi connectivity index (χ1) is 9.80. The van der Waals surface area contributed by atoms with Crippen molar-refractivity contribution in [2.24, 2.45) is 5.41 Å². The summed E-state index contributed by atoms with van der Waals surface area (Å²) in [5, 5.41) is 25.9. The number of nitro groups is 1. The van der Waals surface area contributed by atoms with E-state index in [1.165, 1.54) is 0 Å². The van der Waals surface area contributed by atoms with E-state index in [-0.39, 0.29) is 23.5 Å². The maximum atomic E-state index is 11.2. The second kappa shape index (κ2) is 7.16. The largest absolute Gasteiger partial charge is 0.396 e. The van der Waals surface area contributed by atoms with Crippen molar-refractivity contribution in [2.75, 3.05) is 30.8 Å². The molecule has 21 heavy (non-hydrogen) atoms. The van der Waals surface area contributed by atoms with Crippen LogP contribution in [0.2, 0.25) is 0 Å². The van der Waals surface area contributed by atoms with Crippen molar-refractivity contribution in [1.29, 1.82) is 0 Å². The van der Waals surface area contributed by atoms with Gasteiger partial charge in [-0.3, -0.25) is 10.1 Å². The number of aromatic nitrogens is 2. The molecule has 1 aromatic rings. The van der Waals surface area contributed by atoms with Crippen molar-refractivity contribution in [3.05, 3.63) is 15.8 Å². The number of aliphatic hydroxyl groups is 1. The standard InChI is InChI=1S/C13H23N5O3/c1-9-10(18(20)21)11(17-12(14-4)16-9)15-8-13(2,3)6-5-7-19/h19H,5-8H2,1-4H3,(H2,14,15,16,17). The highest BCUT2D eigenvalue weighted by Gasteiger charge is 2.24. The topological polar surface area (TPSA) is 113 Å². The third-order valence-corrected chi connectivity index (χ3v) is 3.21. The molecule has 8 nitrogen and oxygen atoms in total. The monoisotopic (exact) mass is 297 g/mol. The Balaban J connectivity index is 2.96. The molecule has 0 aliphatic rings. The van der Waals surface area contributed by atoms with Gasteiger partial charge in [0.05, 0.1) is 4.92 Å². The molecule has 0 bridgehead atoms. The van der Waals surface area contributed by atoms with Gasteiger partial charge < -0.3 is 15.7 Å². The lowest BCUT2D eigenvalue weighted by atomic mass is 9.88. The molecule has 1 heterocycles. The zero-order chi connectivity index (χ0) is 16.0. The maximum Gasteiger partial charge on any atom is 0.332 e. The number of aliphatic hydroxyl groups excluding tert-OH is 1. The van der Waals surface area contributed by atoms with Crippen LogP contribution in [0.15, 0.2) is 0 Å². The normalized spacial score (nSPS) is 11.3. The molecule has 8 heteroatoms. The van der Waals surface area contributed by atoms with Crippen molar-refractivity contribution >= 4 is 17.5 Å². The van der Waals surface area contributed by atoms with E-state index in [2.05, 4.69) is 20.6 Å². The fourth-order valence-electron chi connectivity index (χ4n) is 1.99. The van der Waals surface area contributed by atoms with Crippen LogP contribution >= 0.6 is 0 Å². The van der Waals surface area contributed by atoms with E-state index in [4.69, 9.17) is 5.11 Å². The summed E-state index contributed by atoms with van der Waals surface area (Å²) in [6, 6.07) is 0. The van der Waals surface area contributed by atoms with Gasteiger partial charge in [-0.1, -0.05) is 13.8 Å². The zero-order valence-electron chi connectivity index (χ0n) is 12.9. The van der Waals surface area contributed by atoms with Gasteiger partial charge in [-0.2, -0.15) is 4.98 Å². The summed E-state index contributed by atoms with van der Waals surface area (Å²) >= 11 is 0. The number of rotatable bonds is 8. The fraction of sp³-hybridized carbons (Fsp3) is 0.692. The Hall–Kier alpha value is -1.96. The lowest BCUT2D eigenvalue weighted by Crippen LogP contribution is -2.24. The number of hydrogen-bond acceptors (Lipinski definition) is 7. The van der Waals surface area contributed by atoms with Gasteiger partial charge in [0.1, 0.15) is 5.69 Å². The molecule has 1 aromatic heterocycles. The average Bonchev–Trinajstić information content (AvgIpc) is 2.42. The van der Waals surface area contributed by atoms with Gasteiger partial charge in [-0.15, -0.1) is 0 Å². The smallest absolute Gasteiger partial charge is 0.332 e. The Morgan fingerprint density at radius 1 is 1.38 bits per heavy atom. The predicted octanol–water partition coefficient (Wildman–Crippen LogP) is 1.95. The van der Waals surface area contributed by atoms with E-state index >= 15 is 0 Å². The Bertz CT molecular complexity index is 505. The molecule has 0 aromatic carbocycles. The maximum absolute atomic E-state index is 11.2. The van der Waals surface area contributed by atoms with E-state index in [1.807, 2.05) is 13.8 Å². The summed E-state index contributed by atoms with van der Waals surface area (Å²) in [6.45, 7) is 6.32. The van der Waals surface area contributed by atoms with E-state index in [1.54, 1.807) is 14.0 Å². The van der Waals surface area contributed by atoms with Gasteiger partial charge in [0.25, 0.3) is 0 Å². The molecule has 0 spiro atoms. The fourth-order valence-corrected chi connectivity index (χ4v) is 1.99. The molecule has 0 aliphatic heterocycles. The summed E-state index contributed by atoms with van der Waals surface area (Å²) in [6.07, 6.45) is 1.51. The Labute approximate surface area is 124 Å². The zero-order valence-corrected chi connectivity index (χ0v) is 12.9. The third-order valence-electron chi connectivity index (χ3n) is 3.21.